The maximum atomic E-state index is 13.8. The van der Waals surface area contributed by atoms with E-state index in [0.29, 0.717) is 24.3 Å². The molecule has 0 saturated carbocycles. The fraction of sp³-hybridized carbons (Fsp3) is 0.222. The molecule has 0 aromatic heterocycles. The Bertz CT molecular complexity index is 1420. The molecule has 3 heterocycles. The largest absolute Gasteiger partial charge is 0.454 e. The summed E-state index contributed by atoms with van der Waals surface area (Å²) in [5.41, 5.74) is 5.55. The Morgan fingerprint density at radius 1 is 0.800 bits per heavy atom. The van der Waals surface area contributed by atoms with E-state index in [1.165, 1.54) is 0 Å². The first-order valence-electron chi connectivity index (χ1n) is 11.5. The van der Waals surface area contributed by atoms with E-state index in [1.54, 1.807) is 0 Å². The number of ether oxygens (including phenoxy) is 4. The maximum Gasteiger partial charge on any atom is 0.231 e. The van der Waals surface area contributed by atoms with Crippen molar-refractivity contribution in [1.29, 1.82) is 0 Å². The molecule has 2 atom stereocenters. The van der Waals surface area contributed by atoms with Crippen LogP contribution >= 0.6 is 15.9 Å². The van der Waals surface area contributed by atoms with Gasteiger partial charge in [0.15, 0.2) is 28.8 Å². The molecule has 3 aromatic carbocycles. The molecular weight excluding hydrogens is 512 g/mol. The van der Waals surface area contributed by atoms with Crippen molar-refractivity contribution < 1.29 is 23.7 Å². The number of carbonyl (C=O) groups is 1. The lowest BCUT2D eigenvalue weighted by Crippen LogP contribution is -2.27. The van der Waals surface area contributed by atoms with Gasteiger partial charge >= 0.3 is 0 Å². The van der Waals surface area contributed by atoms with Crippen LogP contribution in [0.2, 0.25) is 0 Å². The molecular formula is C27H21BrN2O5. The Morgan fingerprint density at radius 3 is 2.34 bits per heavy atom. The molecule has 3 aliphatic heterocycles. The van der Waals surface area contributed by atoms with Crippen LogP contribution in [0.1, 0.15) is 35.9 Å². The Hall–Kier alpha value is -3.65. The monoisotopic (exact) mass is 532 g/mol. The van der Waals surface area contributed by atoms with Gasteiger partial charge in [0.25, 0.3) is 0 Å². The highest BCUT2D eigenvalue weighted by Crippen LogP contribution is 2.48. The number of fused-ring (bicyclic) bond motifs is 3. The van der Waals surface area contributed by atoms with Gasteiger partial charge in [-0.05, 0) is 59.9 Å². The normalized spacial score (nSPS) is 21.6. The second kappa shape index (κ2) is 7.95. The van der Waals surface area contributed by atoms with Gasteiger partial charge in [0.1, 0.15) is 0 Å². The molecule has 0 unspecified atom stereocenters. The summed E-state index contributed by atoms with van der Waals surface area (Å²) in [4.78, 5) is 13.8. The van der Waals surface area contributed by atoms with Crippen LogP contribution < -0.4 is 29.6 Å². The van der Waals surface area contributed by atoms with Crippen LogP contribution in [0.25, 0.3) is 0 Å². The van der Waals surface area contributed by atoms with Gasteiger partial charge in [-0.3, -0.25) is 4.79 Å². The van der Waals surface area contributed by atoms with Crippen LogP contribution in [0.4, 0.5) is 11.4 Å². The van der Waals surface area contributed by atoms with Gasteiger partial charge in [-0.25, -0.2) is 0 Å². The topological polar surface area (TPSA) is 78.1 Å². The van der Waals surface area contributed by atoms with Gasteiger partial charge in [0.2, 0.25) is 13.6 Å². The number of anilines is 2. The first-order valence-corrected chi connectivity index (χ1v) is 12.3. The second-order valence-electron chi connectivity index (χ2n) is 9.01. The number of halogens is 1. The summed E-state index contributed by atoms with van der Waals surface area (Å²) < 4.78 is 23.1. The number of carbonyl (C=O) groups excluding carboxylic acids is 1. The smallest absolute Gasteiger partial charge is 0.231 e. The summed E-state index contributed by atoms with van der Waals surface area (Å²) in [7, 11) is 0. The minimum Gasteiger partial charge on any atom is -0.454 e. The van der Waals surface area contributed by atoms with Crippen LogP contribution in [0, 0.1) is 0 Å². The third-order valence-electron chi connectivity index (χ3n) is 6.98. The van der Waals surface area contributed by atoms with Crippen molar-refractivity contribution in [3.63, 3.8) is 0 Å². The molecule has 0 saturated heterocycles. The Kier molecular flexibility index (Phi) is 4.70. The second-order valence-corrected chi connectivity index (χ2v) is 9.86. The average Bonchev–Trinajstić information content (AvgIpc) is 3.48. The van der Waals surface area contributed by atoms with E-state index in [4.69, 9.17) is 18.9 Å². The summed E-state index contributed by atoms with van der Waals surface area (Å²) in [6, 6.07) is 17.5. The highest BCUT2D eigenvalue weighted by molar-refractivity contribution is 9.10. The molecule has 7 rings (SSSR count). The first-order chi connectivity index (χ1) is 17.1. The predicted octanol–water partition coefficient (Wildman–Crippen LogP) is 5.89. The third-order valence-corrected chi connectivity index (χ3v) is 7.67. The number of hydrogen-bond donors (Lipinski definition) is 2. The number of nitrogens with one attached hydrogen (secondary N) is 2. The van der Waals surface area contributed by atoms with Gasteiger partial charge in [0.05, 0.1) is 17.4 Å². The highest BCUT2D eigenvalue weighted by atomic mass is 79.9. The lowest BCUT2D eigenvalue weighted by Gasteiger charge is -2.30. The van der Waals surface area contributed by atoms with Gasteiger partial charge < -0.3 is 29.6 Å². The summed E-state index contributed by atoms with van der Waals surface area (Å²) in [5, 5.41) is 7.21. The molecule has 3 aromatic rings. The van der Waals surface area contributed by atoms with Gasteiger partial charge in [-0.2, -0.15) is 0 Å². The van der Waals surface area contributed by atoms with Crippen LogP contribution in [0.15, 0.2) is 70.3 Å². The number of benzene rings is 3. The minimum absolute atomic E-state index is 0.0364. The zero-order valence-corrected chi connectivity index (χ0v) is 20.2. The molecule has 0 radical (unpaired) electrons. The van der Waals surface area contributed by atoms with Crippen molar-refractivity contribution in [2.45, 2.75) is 24.8 Å². The number of ketones is 1. The molecule has 0 spiro atoms. The van der Waals surface area contributed by atoms with Crippen molar-refractivity contribution in [3.8, 4) is 23.0 Å². The minimum atomic E-state index is -0.352. The van der Waals surface area contributed by atoms with Crippen LogP contribution in [-0.2, 0) is 4.79 Å². The first kappa shape index (κ1) is 20.7. The molecule has 1 aliphatic carbocycles. The quantitative estimate of drug-likeness (QED) is 0.426. The summed E-state index contributed by atoms with van der Waals surface area (Å²) in [6.07, 6.45) is 1.12. The zero-order valence-electron chi connectivity index (χ0n) is 18.6. The standard InChI is InChI=1S/C27H21BrN2O5/c28-17-11-25-24(34-13-35-25)10-16(17)27-26-20(29-18-3-1-2-4-19(18)30-27)7-15(8-21(26)31)14-5-6-22-23(9-14)33-12-32-22/h1-6,9-11,15,27,29-30H,7-8,12-13H2/t15-,27-/m0/s1. The van der Waals surface area contributed by atoms with E-state index < -0.39 is 0 Å². The number of hydrogen-bond acceptors (Lipinski definition) is 7. The fourth-order valence-electron chi connectivity index (χ4n) is 5.28. The zero-order chi connectivity index (χ0) is 23.5. The molecule has 176 valence electrons. The Morgan fingerprint density at radius 2 is 1.51 bits per heavy atom. The van der Waals surface area contributed by atoms with E-state index in [9.17, 15) is 4.79 Å². The van der Waals surface area contributed by atoms with Gasteiger partial charge in [0, 0.05) is 22.2 Å². The molecule has 0 fully saturated rings. The maximum absolute atomic E-state index is 13.8. The van der Waals surface area contributed by atoms with Crippen LogP contribution in [0.5, 0.6) is 23.0 Å². The molecule has 7 nitrogen and oxygen atoms in total. The Balaban J connectivity index is 1.33. The number of rotatable bonds is 2. The molecule has 0 bridgehead atoms. The van der Waals surface area contributed by atoms with E-state index in [1.807, 2.05) is 54.6 Å². The van der Waals surface area contributed by atoms with Crippen molar-refractivity contribution in [2.24, 2.45) is 0 Å². The van der Waals surface area contributed by atoms with Gasteiger partial charge in [-0.1, -0.05) is 34.1 Å². The predicted molar refractivity (Wildman–Crippen MR) is 133 cm³/mol. The summed E-state index contributed by atoms with van der Waals surface area (Å²) >= 11 is 3.71. The SMILES string of the molecule is O=C1C[C@@H](c2ccc3c(c2)OCO3)CC2=C1[C@H](c1cc3c(cc1Br)OCO3)Nc1ccccc1N2. The van der Waals surface area contributed by atoms with Crippen LogP contribution in [0.3, 0.4) is 0 Å². The molecule has 8 heteroatoms. The van der Waals surface area contributed by atoms with Crippen molar-refractivity contribution >= 4 is 33.1 Å². The number of allylic oxidation sites excluding steroid dienone is 1. The van der Waals surface area contributed by atoms with Crippen molar-refractivity contribution in [2.75, 3.05) is 24.2 Å². The average molecular weight is 533 g/mol. The highest BCUT2D eigenvalue weighted by Gasteiger charge is 2.37. The van der Waals surface area contributed by atoms with E-state index in [0.717, 1.165) is 49.7 Å². The molecule has 4 aliphatic rings. The van der Waals surface area contributed by atoms with E-state index in [-0.39, 0.29) is 31.3 Å². The number of para-hydroxylation sites is 2. The molecule has 35 heavy (non-hydrogen) atoms. The fourth-order valence-corrected chi connectivity index (χ4v) is 5.83. The van der Waals surface area contributed by atoms with Crippen molar-refractivity contribution in [1.82, 2.24) is 0 Å². The third kappa shape index (κ3) is 3.43. The lowest BCUT2D eigenvalue weighted by molar-refractivity contribution is -0.116. The number of Topliss-reactive ketones (excluding diaryl/α,β-unsaturated/α-hetero) is 1. The van der Waals surface area contributed by atoms with E-state index in [2.05, 4.69) is 26.6 Å². The summed E-state index contributed by atoms with van der Waals surface area (Å²) in [5.74, 6) is 3.00. The van der Waals surface area contributed by atoms with E-state index >= 15 is 0 Å². The Labute approximate surface area is 210 Å². The van der Waals surface area contributed by atoms with Crippen LogP contribution in [-0.4, -0.2) is 19.4 Å². The molecule has 2 N–H and O–H groups in total. The lowest BCUT2D eigenvalue weighted by atomic mass is 9.78. The van der Waals surface area contributed by atoms with Crippen molar-refractivity contribution in [3.05, 3.63) is 81.5 Å². The van der Waals surface area contributed by atoms with Gasteiger partial charge in [-0.15, -0.1) is 0 Å². The summed E-state index contributed by atoms with van der Waals surface area (Å²) in [6.45, 7) is 0.422. The molecule has 0 amide bonds.